The Balaban J connectivity index is 1.69. The Labute approximate surface area is 167 Å². The number of hydrogen-bond acceptors (Lipinski definition) is 7. The molecule has 0 radical (unpaired) electrons. The molecular formula is C17H22N4O5S2. The van der Waals surface area contributed by atoms with E-state index >= 15 is 0 Å². The molecule has 28 heavy (non-hydrogen) atoms. The minimum atomic E-state index is -3.47. The first-order chi connectivity index (χ1) is 13.2. The predicted octanol–water partition coefficient (Wildman–Crippen LogP) is 0.354. The van der Waals surface area contributed by atoms with Crippen LogP contribution in [0.4, 0.5) is 5.13 Å². The van der Waals surface area contributed by atoms with Gasteiger partial charge in [0.05, 0.1) is 18.8 Å². The first-order valence-corrected chi connectivity index (χ1v) is 11.2. The number of thiazole rings is 1. The second-order valence-electron chi connectivity index (χ2n) is 6.07. The van der Waals surface area contributed by atoms with Crippen molar-refractivity contribution in [2.45, 2.75) is 18.9 Å². The van der Waals surface area contributed by atoms with Crippen LogP contribution in [0.1, 0.15) is 22.5 Å². The van der Waals surface area contributed by atoms with Gasteiger partial charge in [-0.05, 0) is 12.0 Å². The number of aromatic nitrogens is 1. The standard InChI is InChI=1S/C17H22N4O5S2/c1-28(25,26)21-17-20-14(11-27-17)16(24)19-10-13(22)9-15(23)18-8-7-12-5-3-2-4-6-12/h2-6,11,13,22H,7-10H2,1H3,(H,18,23)(H,19,24)(H,20,21). The van der Waals surface area contributed by atoms with Crippen molar-refractivity contribution in [3.05, 3.63) is 47.0 Å². The molecule has 1 aromatic heterocycles. The van der Waals surface area contributed by atoms with Gasteiger partial charge in [0, 0.05) is 18.5 Å². The molecule has 9 nitrogen and oxygen atoms in total. The van der Waals surface area contributed by atoms with Gasteiger partial charge in [-0.25, -0.2) is 13.4 Å². The molecule has 2 aromatic rings. The third-order valence-corrected chi connectivity index (χ3v) is 4.96. The van der Waals surface area contributed by atoms with Gasteiger partial charge in [0.15, 0.2) is 5.13 Å². The van der Waals surface area contributed by atoms with Crippen molar-refractivity contribution in [3.63, 3.8) is 0 Å². The van der Waals surface area contributed by atoms with Crippen LogP contribution in [-0.2, 0) is 21.2 Å². The lowest BCUT2D eigenvalue weighted by atomic mass is 10.1. The van der Waals surface area contributed by atoms with E-state index in [2.05, 4.69) is 20.3 Å². The van der Waals surface area contributed by atoms with Crippen LogP contribution in [-0.4, -0.2) is 55.8 Å². The van der Waals surface area contributed by atoms with Crippen molar-refractivity contribution in [2.24, 2.45) is 0 Å². The summed E-state index contributed by atoms with van der Waals surface area (Å²) < 4.78 is 24.5. The lowest BCUT2D eigenvalue weighted by Crippen LogP contribution is -2.36. The number of anilines is 1. The summed E-state index contributed by atoms with van der Waals surface area (Å²) in [6.07, 6.45) is 0.475. The van der Waals surface area contributed by atoms with Crippen LogP contribution in [0, 0.1) is 0 Å². The minimum absolute atomic E-state index is 0.0238. The number of rotatable bonds is 10. The number of carbonyl (C=O) groups is 2. The molecular weight excluding hydrogens is 404 g/mol. The molecule has 11 heteroatoms. The zero-order valence-electron chi connectivity index (χ0n) is 15.2. The van der Waals surface area contributed by atoms with Gasteiger partial charge in [0.2, 0.25) is 15.9 Å². The van der Waals surface area contributed by atoms with Crippen molar-refractivity contribution < 1.29 is 23.1 Å². The van der Waals surface area contributed by atoms with Crippen LogP contribution < -0.4 is 15.4 Å². The summed E-state index contributed by atoms with van der Waals surface area (Å²) in [7, 11) is -3.47. The number of aliphatic hydroxyl groups is 1. The average Bonchev–Trinajstić information content (AvgIpc) is 3.07. The van der Waals surface area contributed by atoms with Crippen LogP contribution in [0.25, 0.3) is 0 Å². The van der Waals surface area contributed by atoms with Gasteiger partial charge in [-0.1, -0.05) is 30.3 Å². The van der Waals surface area contributed by atoms with E-state index in [-0.39, 0.29) is 29.7 Å². The lowest BCUT2D eigenvalue weighted by molar-refractivity contribution is -0.122. The maximum absolute atomic E-state index is 12.0. The number of carbonyl (C=O) groups excluding carboxylic acids is 2. The van der Waals surface area contributed by atoms with Gasteiger partial charge in [-0.2, -0.15) is 0 Å². The topological polar surface area (TPSA) is 137 Å². The number of benzene rings is 1. The number of hydrogen-bond donors (Lipinski definition) is 4. The molecule has 0 aliphatic carbocycles. The van der Waals surface area contributed by atoms with E-state index in [1.165, 1.54) is 5.38 Å². The third kappa shape index (κ3) is 8.03. The maximum Gasteiger partial charge on any atom is 0.270 e. The fraction of sp³-hybridized carbons (Fsp3) is 0.353. The Bertz CT molecular complexity index is 899. The highest BCUT2D eigenvalue weighted by atomic mass is 32.2. The second-order valence-corrected chi connectivity index (χ2v) is 8.67. The van der Waals surface area contributed by atoms with Crippen molar-refractivity contribution in [2.75, 3.05) is 24.1 Å². The van der Waals surface area contributed by atoms with Crippen molar-refractivity contribution in [1.82, 2.24) is 15.6 Å². The fourth-order valence-electron chi connectivity index (χ4n) is 2.23. The molecule has 0 aliphatic heterocycles. The van der Waals surface area contributed by atoms with E-state index in [1.54, 1.807) is 0 Å². The van der Waals surface area contributed by atoms with Gasteiger partial charge < -0.3 is 15.7 Å². The minimum Gasteiger partial charge on any atom is -0.391 e. The molecule has 0 saturated carbocycles. The second kappa shape index (κ2) is 10.2. The molecule has 2 rings (SSSR count). The third-order valence-electron chi connectivity index (χ3n) is 3.51. The Morgan fingerprint density at radius 1 is 1.21 bits per heavy atom. The highest BCUT2D eigenvalue weighted by Gasteiger charge is 2.16. The summed E-state index contributed by atoms with van der Waals surface area (Å²) in [5.74, 6) is -0.882. The fourth-order valence-corrected chi connectivity index (χ4v) is 3.78. The summed E-state index contributed by atoms with van der Waals surface area (Å²) in [6.45, 7) is 0.328. The molecule has 0 aliphatic rings. The molecule has 152 valence electrons. The molecule has 0 bridgehead atoms. The Morgan fingerprint density at radius 2 is 1.93 bits per heavy atom. The van der Waals surface area contributed by atoms with Crippen LogP contribution in [0.3, 0.4) is 0 Å². The van der Waals surface area contributed by atoms with Gasteiger partial charge in [0.25, 0.3) is 5.91 Å². The molecule has 0 saturated heterocycles. The van der Waals surface area contributed by atoms with Crippen LogP contribution >= 0.6 is 11.3 Å². The molecule has 0 fully saturated rings. The highest BCUT2D eigenvalue weighted by Crippen LogP contribution is 2.16. The monoisotopic (exact) mass is 426 g/mol. The SMILES string of the molecule is CS(=O)(=O)Nc1nc(C(=O)NCC(O)CC(=O)NCCc2ccccc2)cs1. The van der Waals surface area contributed by atoms with E-state index in [0.29, 0.717) is 13.0 Å². The van der Waals surface area contributed by atoms with Crippen LogP contribution in [0.2, 0.25) is 0 Å². The first-order valence-electron chi connectivity index (χ1n) is 8.43. The van der Waals surface area contributed by atoms with Crippen LogP contribution in [0.5, 0.6) is 0 Å². The van der Waals surface area contributed by atoms with Gasteiger partial charge in [-0.3, -0.25) is 14.3 Å². The molecule has 0 spiro atoms. The summed E-state index contributed by atoms with van der Waals surface area (Å²) in [6, 6.07) is 9.69. The normalized spacial score (nSPS) is 12.2. The van der Waals surface area contributed by atoms with Gasteiger partial charge in [-0.15, -0.1) is 11.3 Å². The van der Waals surface area contributed by atoms with Crippen LogP contribution in [0.15, 0.2) is 35.7 Å². The number of sulfonamides is 1. The number of amides is 2. The predicted molar refractivity (Wildman–Crippen MR) is 107 cm³/mol. The first kappa shape index (κ1) is 21.8. The van der Waals surface area contributed by atoms with E-state index in [0.717, 1.165) is 23.2 Å². The quantitative estimate of drug-likeness (QED) is 0.433. The van der Waals surface area contributed by atoms with Crippen molar-refractivity contribution in [3.8, 4) is 0 Å². The summed E-state index contributed by atoms with van der Waals surface area (Å²) in [5.41, 5.74) is 1.12. The Kier molecular flexibility index (Phi) is 7.91. The molecule has 1 aromatic carbocycles. The largest absolute Gasteiger partial charge is 0.391 e. The van der Waals surface area contributed by atoms with E-state index < -0.39 is 22.0 Å². The average molecular weight is 427 g/mol. The lowest BCUT2D eigenvalue weighted by Gasteiger charge is -2.11. The number of nitrogens with zero attached hydrogens (tertiary/aromatic N) is 1. The van der Waals surface area contributed by atoms with E-state index in [4.69, 9.17) is 0 Å². The molecule has 1 heterocycles. The van der Waals surface area contributed by atoms with Crippen molar-refractivity contribution >= 4 is 38.3 Å². The smallest absolute Gasteiger partial charge is 0.270 e. The zero-order chi connectivity index (χ0) is 20.6. The zero-order valence-corrected chi connectivity index (χ0v) is 16.8. The maximum atomic E-state index is 12.0. The van der Waals surface area contributed by atoms with E-state index in [9.17, 15) is 23.1 Å². The van der Waals surface area contributed by atoms with Gasteiger partial charge in [0.1, 0.15) is 5.69 Å². The van der Waals surface area contributed by atoms with E-state index in [1.807, 2.05) is 30.3 Å². The Hall–Kier alpha value is -2.50. The highest BCUT2D eigenvalue weighted by molar-refractivity contribution is 7.92. The Morgan fingerprint density at radius 3 is 2.61 bits per heavy atom. The molecule has 1 atom stereocenters. The van der Waals surface area contributed by atoms with Gasteiger partial charge >= 0.3 is 0 Å². The molecule has 4 N–H and O–H groups in total. The summed E-state index contributed by atoms with van der Waals surface area (Å²) >= 11 is 0.968. The number of nitrogens with one attached hydrogen (secondary N) is 3. The summed E-state index contributed by atoms with van der Waals surface area (Å²) in [5, 5.41) is 16.6. The molecule has 2 amide bonds. The molecule has 1 unspecified atom stereocenters. The van der Waals surface area contributed by atoms with Crippen molar-refractivity contribution in [1.29, 1.82) is 0 Å². The number of aliphatic hydroxyl groups excluding tert-OH is 1. The summed E-state index contributed by atoms with van der Waals surface area (Å²) in [4.78, 5) is 27.7.